The Kier molecular flexibility index (Phi) is 4.05. The number of benzene rings is 1. The maximum absolute atomic E-state index is 12.4. The molecule has 0 heterocycles. The van der Waals surface area contributed by atoms with Crippen molar-refractivity contribution in [2.75, 3.05) is 12.4 Å². The average Bonchev–Trinajstić information content (AvgIpc) is 2.09. The zero-order valence-electron chi connectivity index (χ0n) is 6.69. The fourth-order valence-electron chi connectivity index (χ4n) is 0.902. The third kappa shape index (κ3) is 3.20. The van der Waals surface area contributed by atoms with Gasteiger partial charge in [-0.1, -0.05) is 12.1 Å². The lowest BCUT2D eigenvalue weighted by atomic mass is 10.2. The van der Waals surface area contributed by atoms with Gasteiger partial charge in [-0.15, -0.1) is 11.6 Å². The Hall–Kier alpha value is -0.600. The molecule has 66 valence electrons. The normalized spacial score (nSPS) is 10.2. The first kappa shape index (κ1) is 9.49. The van der Waals surface area contributed by atoms with E-state index in [1.54, 1.807) is 12.1 Å². The lowest BCUT2D eigenvalue weighted by Crippen LogP contribution is -2.15. The van der Waals surface area contributed by atoms with Crippen molar-refractivity contribution in [3.8, 4) is 0 Å². The van der Waals surface area contributed by atoms with Crippen LogP contribution in [0.4, 0.5) is 4.39 Å². The first-order chi connectivity index (χ1) is 5.83. The molecule has 0 saturated heterocycles. The topological polar surface area (TPSA) is 12.0 Å². The van der Waals surface area contributed by atoms with Gasteiger partial charge in [0.1, 0.15) is 5.82 Å². The van der Waals surface area contributed by atoms with Gasteiger partial charge in [0.25, 0.3) is 0 Å². The fraction of sp³-hybridized carbons (Fsp3) is 0.333. The summed E-state index contributed by atoms with van der Waals surface area (Å²) in [4.78, 5) is 0. The summed E-state index contributed by atoms with van der Waals surface area (Å²) in [7, 11) is 0. The summed E-state index contributed by atoms with van der Waals surface area (Å²) in [6.07, 6.45) is 0. The van der Waals surface area contributed by atoms with Crippen LogP contribution in [0.25, 0.3) is 0 Å². The minimum atomic E-state index is -0.198. The van der Waals surface area contributed by atoms with E-state index in [1.807, 2.05) is 0 Å². The first-order valence-electron chi connectivity index (χ1n) is 3.84. The summed E-state index contributed by atoms with van der Waals surface area (Å²) >= 11 is 5.47. The highest BCUT2D eigenvalue weighted by Gasteiger charge is 1.92. The van der Waals surface area contributed by atoms with Crippen LogP contribution in [0.2, 0.25) is 0 Å². The van der Waals surface area contributed by atoms with E-state index in [-0.39, 0.29) is 5.82 Å². The molecule has 3 heteroatoms. The Labute approximate surface area is 76.5 Å². The molecular formula is C9H11ClFN. The lowest BCUT2D eigenvalue weighted by molar-refractivity contribution is 0.625. The molecule has 1 aromatic rings. The maximum atomic E-state index is 12.4. The molecule has 0 spiro atoms. The van der Waals surface area contributed by atoms with E-state index in [2.05, 4.69) is 5.32 Å². The van der Waals surface area contributed by atoms with Gasteiger partial charge in [0, 0.05) is 19.0 Å². The second-order valence-electron chi connectivity index (χ2n) is 2.49. The van der Waals surface area contributed by atoms with Crippen molar-refractivity contribution < 1.29 is 4.39 Å². The number of nitrogens with one attached hydrogen (secondary N) is 1. The first-order valence-corrected chi connectivity index (χ1v) is 4.37. The molecule has 0 fully saturated rings. The van der Waals surface area contributed by atoms with E-state index in [0.717, 1.165) is 18.7 Å². The summed E-state index contributed by atoms with van der Waals surface area (Å²) in [5.41, 5.74) is 1.07. The number of alkyl halides is 1. The molecule has 1 N–H and O–H groups in total. The quantitative estimate of drug-likeness (QED) is 0.563. The largest absolute Gasteiger partial charge is 0.311 e. The van der Waals surface area contributed by atoms with Crippen molar-refractivity contribution in [3.63, 3.8) is 0 Å². The van der Waals surface area contributed by atoms with Crippen molar-refractivity contribution in [3.05, 3.63) is 35.6 Å². The highest BCUT2D eigenvalue weighted by atomic mass is 35.5. The lowest BCUT2D eigenvalue weighted by Gasteiger charge is -2.01. The summed E-state index contributed by atoms with van der Waals surface area (Å²) in [5, 5.41) is 3.12. The molecule has 0 radical (unpaired) electrons. The minimum absolute atomic E-state index is 0.198. The van der Waals surface area contributed by atoms with Crippen LogP contribution in [0.15, 0.2) is 24.3 Å². The fourth-order valence-corrected chi connectivity index (χ4v) is 1.04. The van der Waals surface area contributed by atoms with Crippen LogP contribution < -0.4 is 5.32 Å². The van der Waals surface area contributed by atoms with E-state index in [9.17, 15) is 4.39 Å². The van der Waals surface area contributed by atoms with Gasteiger partial charge in [-0.25, -0.2) is 4.39 Å². The number of rotatable bonds is 4. The molecule has 0 aromatic heterocycles. The van der Waals surface area contributed by atoms with Crippen molar-refractivity contribution in [2.24, 2.45) is 0 Å². The number of hydrogen-bond donors (Lipinski definition) is 1. The van der Waals surface area contributed by atoms with E-state index in [4.69, 9.17) is 11.6 Å². The van der Waals surface area contributed by atoms with E-state index >= 15 is 0 Å². The molecule has 1 nitrogen and oxygen atoms in total. The monoisotopic (exact) mass is 187 g/mol. The Morgan fingerprint density at radius 3 is 2.50 bits per heavy atom. The van der Waals surface area contributed by atoms with Gasteiger partial charge >= 0.3 is 0 Å². The van der Waals surface area contributed by atoms with Crippen LogP contribution in [0, 0.1) is 5.82 Å². The van der Waals surface area contributed by atoms with Gasteiger partial charge in [0.05, 0.1) is 0 Å². The van der Waals surface area contributed by atoms with E-state index in [1.165, 1.54) is 12.1 Å². The zero-order chi connectivity index (χ0) is 8.81. The molecule has 0 saturated carbocycles. The molecule has 0 aliphatic heterocycles. The highest BCUT2D eigenvalue weighted by Crippen LogP contribution is 2.01. The van der Waals surface area contributed by atoms with Gasteiger partial charge in [-0.05, 0) is 17.7 Å². The maximum Gasteiger partial charge on any atom is 0.123 e. The zero-order valence-corrected chi connectivity index (χ0v) is 7.44. The Morgan fingerprint density at radius 1 is 1.25 bits per heavy atom. The van der Waals surface area contributed by atoms with Crippen LogP contribution >= 0.6 is 11.6 Å². The minimum Gasteiger partial charge on any atom is -0.311 e. The third-order valence-corrected chi connectivity index (χ3v) is 1.70. The Bertz CT molecular complexity index is 222. The van der Waals surface area contributed by atoms with Crippen LogP contribution in [0.5, 0.6) is 0 Å². The van der Waals surface area contributed by atoms with Crippen LogP contribution in [0.3, 0.4) is 0 Å². The van der Waals surface area contributed by atoms with E-state index < -0.39 is 0 Å². The van der Waals surface area contributed by atoms with Crippen LogP contribution in [-0.2, 0) is 6.54 Å². The van der Waals surface area contributed by atoms with Gasteiger partial charge in [0.2, 0.25) is 0 Å². The molecule has 0 bridgehead atoms. The second-order valence-corrected chi connectivity index (χ2v) is 2.87. The smallest absolute Gasteiger partial charge is 0.123 e. The molecular weight excluding hydrogens is 177 g/mol. The van der Waals surface area contributed by atoms with E-state index in [0.29, 0.717) is 5.88 Å². The summed E-state index contributed by atoms with van der Waals surface area (Å²) in [5.74, 6) is 0.400. The molecule has 0 aliphatic carbocycles. The standard InChI is InChI=1S/C9H11ClFN/c10-5-6-12-7-8-1-3-9(11)4-2-8/h1-4,12H,5-7H2. The Morgan fingerprint density at radius 2 is 1.92 bits per heavy atom. The SMILES string of the molecule is Fc1ccc(CNCCCl)cc1. The molecule has 1 rings (SSSR count). The van der Waals surface area contributed by atoms with Crippen molar-refractivity contribution in [2.45, 2.75) is 6.54 Å². The number of halogens is 2. The van der Waals surface area contributed by atoms with Gasteiger partial charge in [-0.3, -0.25) is 0 Å². The molecule has 0 amide bonds. The molecule has 1 aromatic carbocycles. The number of hydrogen-bond acceptors (Lipinski definition) is 1. The van der Waals surface area contributed by atoms with Crippen LogP contribution in [0.1, 0.15) is 5.56 Å². The second kappa shape index (κ2) is 5.12. The van der Waals surface area contributed by atoms with Crippen molar-refractivity contribution >= 4 is 11.6 Å². The summed E-state index contributed by atoms with van der Waals surface area (Å²) in [6.45, 7) is 1.52. The van der Waals surface area contributed by atoms with Gasteiger partial charge in [-0.2, -0.15) is 0 Å². The predicted molar refractivity (Wildman–Crippen MR) is 48.8 cm³/mol. The molecule has 0 atom stereocenters. The van der Waals surface area contributed by atoms with Gasteiger partial charge < -0.3 is 5.32 Å². The highest BCUT2D eigenvalue weighted by molar-refractivity contribution is 6.18. The predicted octanol–water partition coefficient (Wildman–Crippen LogP) is 2.15. The molecule has 0 aliphatic rings. The molecule has 0 unspecified atom stereocenters. The Balaban J connectivity index is 2.37. The average molecular weight is 188 g/mol. The third-order valence-electron chi connectivity index (χ3n) is 1.51. The molecule has 12 heavy (non-hydrogen) atoms. The summed E-state index contributed by atoms with van der Waals surface area (Å²) in [6, 6.07) is 6.43. The van der Waals surface area contributed by atoms with Crippen molar-refractivity contribution in [1.82, 2.24) is 5.32 Å². The van der Waals surface area contributed by atoms with Gasteiger partial charge in [0.15, 0.2) is 0 Å². The van der Waals surface area contributed by atoms with Crippen LogP contribution in [-0.4, -0.2) is 12.4 Å². The van der Waals surface area contributed by atoms with Crippen molar-refractivity contribution in [1.29, 1.82) is 0 Å². The summed E-state index contributed by atoms with van der Waals surface area (Å²) < 4.78 is 12.4.